The van der Waals surface area contributed by atoms with E-state index in [1.165, 1.54) is 0 Å². The molecule has 1 aromatic rings. The molecule has 0 fully saturated rings. The van der Waals surface area contributed by atoms with Crippen molar-refractivity contribution >= 4 is 23.4 Å². The number of thioether (sulfide) groups is 1. The van der Waals surface area contributed by atoms with Gasteiger partial charge in [0, 0.05) is 18.4 Å². The molecule has 0 aliphatic carbocycles. The van der Waals surface area contributed by atoms with E-state index in [1.807, 2.05) is 6.26 Å². The van der Waals surface area contributed by atoms with E-state index in [-0.39, 0.29) is 11.6 Å². The lowest BCUT2D eigenvalue weighted by Gasteiger charge is -2.08. The van der Waals surface area contributed by atoms with Gasteiger partial charge in [-0.25, -0.2) is 19.6 Å². The summed E-state index contributed by atoms with van der Waals surface area (Å²) in [5.41, 5.74) is 2.06. The van der Waals surface area contributed by atoms with Gasteiger partial charge in [0.15, 0.2) is 23.3 Å². The van der Waals surface area contributed by atoms with Crippen molar-refractivity contribution in [2.45, 2.75) is 0 Å². The van der Waals surface area contributed by atoms with Crippen LogP contribution >= 0.6 is 11.8 Å². The molecular weight excluding hydrogens is 222 g/mol. The molecule has 1 rings (SSSR count). The summed E-state index contributed by atoms with van der Waals surface area (Å²) in [6.07, 6.45) is 1.93. The van der Waals surface area contributed by atoms with Crippen molar-refractivity contribution in [3.63, 3.8) is 0 Å². The maximum absolute atomic E-state index is 13.2. The van der Waals surface area contributed by atoms with Crippen molar-refractivity contribution in [1.82, 2.24) is 4.98 Å². The van der Waals surface area contributed by atoms with Crippen LogP contribution in [0.3, 0.4) is 0 Å². The molecule has 0 aliphatic rings. The summed E-state index contributed by atoms with van der Waals surface area (Å²) in [7, 11) is 0. The van der Waals surface area contributed by atoms with Crippen molar-refractivity contribution < 1.29 is 8.78 Å². The summed E-state index contributed by atoms with van der Waals surface area (Å²) in [4.78, 5) is 3.66. The SMILES string of the molecule is CSCCNc1nc(NN)c(F)cc1F. The lowest BCUT2D eigenvalue weighted by Crippen LogP contribution is -2.14. The first kappa shape index (κ1) is 12.0. The van der Waals surface area contributed by atoms with Crippen LogP contribution in [0.1, 0.15) is 0 Å². The summed E-state index contributed by atoms with van der Waals surface area (Å²) in [6.45, 7) is 0.556. The molecule has 4 N–H and O–H groups in total. The van der Waals surface area contributed by atoms with Crippen molar-refractivity contribution in [1.29, 1.82) is 0 Å². The molecule has 15 heavy (non-hydrogen) atoms. The summed E-state index contributed by atoms with van der Waals surface area (Å²) in [5, 5.41) is 2.75. The molecule has 0 saturated carbocycles. The Kier molecular flexibility index (Phi) is 4.57. The standard InChI is InChI=1S/C8H12F2N4S/c1-15-3-2-12-7-5(9)4-6(10)8(13-7)14-11/h4H,2-3,11H2,1H3,(H2,12,13,14). The molecule has 84 valence electrons. The third kappa shape index (κ3) is 3.21. The van der Waals surface area contributed by atoms with Gasteiger partial charge in [0.25, 0.3) is 0 Å². The fourth-order valence-corrected chi connectivity index (χ4v) is 1.27. The minimum atomic E-state index is -0.814. The van der Waals surface area contributed by atoms with Gasteiger partial charge in [-0.2, -0.15) is 11.8 Å². The number of hydrogen-bond donors (Lipinski definition) is 3. The highest BCUT2D eigenvalue weighted by Crippen LogP contribution is 2.17. The van der Waals surface area contributed by atoms with Gasteiger partial charge in [0.2, 0.25) is 0 Å². The van der Waals surface area contributed by atoms with Crippen LogP contribution in [0.5, 0.6) is 0 Å². The average molecular weight is 234 g/mol. The van der Waals surface area contributed by atoms with Gasteiger partial charge >= 0.3 is 0 Å². The van der Waals surface area contributed by atoms with Gasteiger partial charge in [0.1, 0.15) is 0 Å². The van der Waals surface area contributed by atoms with Gasteiger partial charge < -0.3 is 10.7 Å². The Labute approximate surface area is 90.6 Å². The molecule has 1 heterocycles. The summed E-state index contributed by atoms with van der Waals surface area (Å²) < 4.78 is 26.1. The lowest BCUT2D eigenvalue weighted by molar-refractivity contribution is 0.578. The molecule has 0 bridgehead atoms. The molecule has 1 aromatic heterocycles. The number of hydrogen-bond acceptors (Lipinski definition) is 5. The predicted octanol–water partition coefficient (Wildman–Crippen LogP) is 1.42. The van der Waals surface area contributed by atoms with Crippen LogP contribution in [0.2, 0.25) is 0 Å². The van der Waals surface area contributed by atoms with E-state index in [4.69, 9.17) is 5.84 Å². The number of nitrogens with two attached hydrogens (primary N) is 1. The molecule has 0 aliphatic heterocycles. The topological polar surface area (TPSA) is 63.0 Å². The maximum atomic E-state index is 13.2. The molecule has 0 spiro atoms. The minimum absolute atomic E-state index is 0.00148. The monoisotopic (exact) mass is 234 g/mol. The fraction of sp³-hybridized carbons (Fsp3) is 0.375. The molecule has 7 heteroatoms. The van der Waals surface area contributed by atoms with E-state index in [9.17, 15) is 8.78 Å². The van der Waals surface area contributed by atoms with Crippen molar-refractivity contribution in [3.05, 3.63) is 17.7 Å². The molecular formula is C8H12F2N4S. The van der Waals surface area contributed by atoms with Crippen molar-refractivity contribution in [2.24, 2.45) is 5.84 Å². The summed E-state index contributed by atoms with van der Waals surface area (Å²) in [6, 6.07) is 0.740. The highest BCUT2D eigenvalue weighted by atomic mass is 32.2. The average Bonchev–Trinajstić information content (AvgIpc) is 2.21. The highest BCUT2D eigenvalue weighted by Gasteiger charge is 2.10. The molecule has 0 unspecified atom stereocenters. The Balaban J connectivity index is 2.78. The Bertz CT molecular complexity index is 335. The van der Waals surface area contributed by atoms with E-state index in [1.54, 1.807) is 11.8 Å². The number of nitrogen functional groups attached to an aromatic ring is 1. The van der Waals surface area contributed by atoms with Gasteiger partial charge in [-0.05, 0) is 6.26 Å². The van der Waals surface area contributed by atoms with E-state index in [0.29, 0.717) is 6.54 Å². The largest absolute Gasteiger partial charge is 0.367 e. The Hall–Kier alpha value is -1.08. The third-order valence-corrected chi connectivity index (χ3v) is 2.28. The van der Waals surface area contributed by atoms with Crippen LogP contribution in [0.25, 0.3) is 0 Å². The van der Waals surface area contributed by atoms with Crippen LogP contribution in [0.15, 0.2) is 6.07 Å². The smallest absolute Gasteiger partial charge is 0.178 e. The first-order valence-corrected chi connectivity index (χ1v) is 5.64. The normalized spacial score (nSPS) is 10.1. The number of nitrogens with zero attached hydrogens (tertiary/aromatic N) is 1. The van der Waals surface area contributed by atoms with E-state index in [2.05, 4.69) is 15.7 Å². The van der Waals surface area contributed by atoms with Crippen LogP contribution < -0.4 is 16.6 Å². The van der Waals surface area contributed by atoms with Crippen molar-refractivity contribution in [3.8, 4) is 0 Å². The van der Waals surface area contributed by atoms with Crippen LogP contribution in [0.4, 0.5) is 20.4 Å². The first-order chi connectivity index (χ1) is 7.19. The van der Waals surface area contributed by atoms with Crippen molar-refractivity contribution in [2.75, 3.05) is 29.3 Å². The molecule has 0 saturated heterocycles. The van der Waals surface area contributed by atoms with Gasteiger partial charge in [-0.15, -0.1) is 0 Å². The maximum Gasteiger partial charge on any atom is 0.178 e. The van der Waals surface area contributed by atoms with Gasteiger partial charge in [-0.1, -0.05) is 0 Å². The zero-order valence-corrected chi connectivity index (χ0v) is 9.00. The zero-order chi connectivity index (χ0) is 11.3. The Morgan fingerprint density at radius 3 is 2.67 bits per heavy atom. The molecule has 0 radical (unpaired) electrons. The minimum Gasteiger partial charge on any atom is -0.367 e. The van der Waals surface area contributed by atoms with E-state index >= 15 is 0 Å². The van der Waals surface area contributed by atoms with Crippen LogP contribution in [-0.4, -0.2) is 23.5 Å². The number of pyridine rings is 1. The predicted molar refractivity (Wildman–Crippen MR) is 58.8 cm³/mol. The zero-order valence-electron chi connectivity index (χ0n) is 8.18. The molecule has 0 atom stereocenters. The molecule has 0 amide bonds. The number of aromatic nitrogens is 1. The van der Waals surface area contributed by atoms with E-state index < -0.39 is 11.6 Å². The number of rotatable bonds is 5. The second-order valence-electron chi connectivity index (χ2n) is 2.71. The number of hydrazine groups is 1. The Morgan fingerprint density at radius 2 is 2.07 bits per heavy atom. The van der Waals surface area contributed by atoms with Gasteiger partial charge in [0.05, 0.1) is 0 Å². The molecule has 4 nitrogen and oxygen atoms in total. The third-order valence-electron chi connectivity index (χ3n) is 1.66. The highest BCUT2D eigenvalue weighted by molar-refractivity contribution is 7.98. The summed E-state index contributed by atoms with van der Waals surface area (Å²) >= 11 is 1.61. The van der Waals surface area contributed by atoms with Crippen LogP contribution in [0, 0.1) is 11.6 Å². The quantitative estimate of drug-likeness (QED) is 0.408. The fourth-order valence-electron chi connectivity index (χ4n) is 0.963. The van der Waals surface area contributed by atoms with Gasteiger partial charge in [-0.3, -0.25) is 0 Å². The Morgan fingerprint density at radius 1 is 1.40 bits per heavy atom. The first-order valence-electron chi connectivity index (χ1n) is 4.24. The number of nitrogens with one attached hydrogen (secondary N) is 2. The summed E-state index contributed by atoms with van der Waals surface area (Å²) in [5.74, 6) is 4.10. The second-order valence-corrected chi connectivity index (χ2v) is 3.70. The molecule has 0 aromatic carbocycles. The lowest BCUT2D eigenvalue weighted by atomic mass is 10.4. The van der Waals surface area contributed by atoms with Crippen LogP contribution in [-0.2, 0) is 0 Å². The van der Waals surface area contributed by atoms with E-state index in [0.717, 1.165) is 11.8 Å². The second kappa shape index (κ2) is 5.72. The number of anilines is 2. The number of halogens is 2.